The van der Waals surface area contributed by atoms with Crippen LogP contribution in [-0.2, 0) is 4.79 Å². The normalized spacial score (nSPS) is 25.8. The Morgan fingerprint density at radius 3 is 2.57 bits per heavy atom. The number of nitrogens with one attached hydrogen (secondary N) is 1. The molecule has 114 valence electrons. The van der Waals surface area contributed by atoms with Gasteiger partial charge in [-0.25, -0.2) is 0 Å². The highest BCUT2D eigenvalue weighted by molar-refractivity contribution is 6.31. The van der Waals surface area contributed by atoms with Crippen molar-refractivity contribution in [2.24, 2.45) is 11.8 Å². The zero-order chi connectivity index (χ0) is 15.0. The van der Waals surface area contributed by atoms with Gasteiger partial charge in [0.15, 0.2) is 0 Å². The first-order chi connectivity index (χ1) is 10.0. The number of hydrogen-bond donors (Lipinski definition) is 1. The number of likely N-dealkylation sites (N-methyl/N-ethyl adjacent to an activating group) is 1. The van der Waals surface area contributed by atoms with Gasteiger partial charge in [-0.1, -0.05) is 18.5 Å². The number of hydrogen-bond acceptors (Lipinski definition) is 3. The molecule has 2 aliphatic rings. The van der Waals surface area contributed by atoms with E-state index in [0.717, 1.165) is 44.0 Å². The molecule has 0 aromatic heterocycles. The molecule has 0 bridgehead atoms. The van der Waals surface area contributed by atoms with E-state index in [1.807, 2.05) is 18.2 Å². The zero-order valence-electron chi connectivity index (χ0n) is 12.6. The van der Waals surface area contributed by atoms with E-state index in [4.69, 9.17) is 11.6 Å². The second kappa shape index (κ2) is 5.85. The third kappa shape index (κ3) is 3.33. The van der Waals surface area contributed by atoms with Crippen molar-refractivity contribution in [1.82, 2.24) is 4.90 Å². The molecule has 1 aliphatic heterocycles. The average Bonchev–Trinajstić information content (AvgIpc) is 3.18. The molecule has 0 spiro atoms. The van der Waals surface area contributed by atoms with E-state index in [1.54, 1.807) is 0 Å². The van der Waals surface area contributed by atoms with Gasteiger partial charge in [-0.2, -0.15) is 0 Å². The van der Waals surface area contributed by atoms with E-state index >= 15 is 0 Å². The minimum Gasteiger partial charge on any atom is -0.367 e. The van der Waals surface area contributed by atoms with Crippen molar-refractivity contribution < 1.29 is 4.79 Å². The van der Waals surface area contributed by atoms with Crippen molar-refractivity contribution in [3.05, 3.63) is 23.2 Å². The summed E-state index contributed by atoms with van der Waals surface area (Å²) in [5.74, 6) is 0.806. The minimum atomic E-state index is 0.125. The molecule has 1 saturated carbocycles. The molecular weight excluding hydrogens is 286 g/mol. The molecule has 1 aromatic rings. The van der Waals surface area contributed by atoms with Gasteiger partial charge in [0.05, 0.1) is 11.4 Å². The fraction of sp³-hybridized carbons (Fsp3) is 0.562. The highest BCUT2D eigenvalue weighted by Crippen LogP contribution is 2.39. The standard InChI is InChI=1S/C16H22ClN3O/c1-11-9-13(11)16(21)18-14-10-12(17)3-4-15(14)20-7-5-19(2)6-8-20/h3-4,10-11,13H,5-9H2,1-2H3,(H,18,21)/t11-,13-/m0/s1. The fourth-order valence-corrected chi connectivity index (χ4v) is 3.02. The number of benzene rings is 1. The average molecular weight is 308 g/mol. The summed E-state index contributed by atoms with van der Waals surface area (Å²) in [5.41, 5.74) is 1.92. The van der Waals surface area contributed by atoms with E-state index in [0.29, 0.717) is 10.9 Å². The second-order valence-electron chi connectivity index (χ2n) is 6.26. The van der Waals surface area contributed by atoms with Crippen LogP contribution in [0, 0.1) is 11.8 Å². The van der Waals surface area contributed by atoms with Crippen LogP contribution in [0.4, 0.5) is 11.4 Å². The lowest BCUT2D eigenvalue weighted by Crippen LogP contribution is -2.44. The van der Waals surface area contributed by atoms with Gasteiger partial charge in [0.2, 0.25) is 5.91 Å². The maximum absolute atomic E-state index is 12.2. The molecule has 21 heavy (non-hydrogen) atoms. The summed E-state index contributed by atoms with van der Waals surface area (Å²) in [7, 11) is 2.14. The Labute approximate surface area is 131 Å². The van der Waals surface area contributed by atoms with E-state index in [1.165, 1.54) is 0 Å². The quantitative estimate of drug-likeness (QED) is 0.932. The largest absolute Gasteiger partial charge is 0.367 e. The van der Waals surface area contributed by atoms with E-state index < -0.39 is 0 Å². The van der Waals surface area contributed by atoms with Crippen LogP contribution in [0.5, 0.6) is 0 Å². The Morgan fingerprint density at radius 1 is 1.29 bits per heavy atom. The highest BCUT2D eigenvalue weighted by atomic mass is 35.5. The zero-order valence-corrected chi connectivity index (χ0v) is 13.4. The molecule has 2 atom stereocenters. The molecule has 1 N–H and O–H groups in total. The Morgan fingerprint density at radius 2 is 1.95 bits per heavy atom. The summed E-state index contributed by atoms with van der Waals surface area (Å²) in [5, 5.41) is 3.73. The van der Waals surface area contributed by atoms with Crippen LogP contribution in [0.25, 0.3) is 0 Å². The Balaban J connectivity index is 1.78. The van der Waals surface area contributed by atoms with E-state index in [9.17, 15) is 4.79 Å². The van der Waals surface area contributed by atoms with Crippen LogP contribution in [-0.4, -0.2) is 44.0 Å². The monoisotopic (exact) mass is 307 g/mol. The first kappa shape index (κ1) is 14.7. The molecule has 5 heteroatoms. The molecule has 4 nitrogen and oxygen atoms in total. The van der Waals surface area contributed by atoms with Gasteiger partial charge in [0, 0.05) is 37.1 Å². The van der Waals surface area contributed by atoms with Crippen LogP contribution < -0.4 is 10.2 Å². The van der Waals surface area contributed by atoms with Crippen molar-refractivity contribution in [2.75, 3.05) is 43.4 Å². The van der Waals surface area contributed by atoms with Gasteiger partial charge < -0.3 is 15.1 Å². The number of carbonyl (C=O) groups is 1. The third-order valence-electron chi connectivity index (χ3n) is 4.51. The molecule has 0 radical (unpaired) electrons. The Bertz CT molecular complexity index is 540. The van der Waals surface area contributed by atoms with Gasteiger partial charge in [0.25, 0.3) is 0 Å². The van der Waals surface area contributed by atoms with Crippen LogP contribution in [0.2, 0.25) is 5.02 Å². The number of piperazine rings is 1. The molecular formula is C16H22ClN3O. The lowest BCUT2D eigenvalue weighted by Gasteiger charge is -2.35. The summed E-state index contributed by atoms with van der Waals surface area (Å²) in [6.07, 6.45) is 0.996. The first-order valence-electron chi connectivity index (χ1n) is 7.58. The first-order valence-corrected chi connectivity index (χ1v) is 7.96. The number of anilines is 2. The van der Waals surface area contributed by atoms with Crippen molar-refractivity contribution in [3.63, 3.8) is 0 Å². The van der Waals surface area contributed by atoms with Gasteiger partial charge in [-0.15, -0.1) is 0 Å². The summed E-state index contributed by atoms with van der Waals surface area (Å²) in [6.45, 7) is 6.14. The van der Waals surface area contributed by atoms with Gasteiger partial charge in [0.1, 0.15) is 0 Å². The molecule has 1 aromatic carbocycles. The maximum atomic E-state index is 12.2. The number of rotatable bonds is 3. The smallest absolute Gasteiger partial charge is 0.227 e. The Kier molecular flexibility index (Phi) is 4.09. The highest BCUT2D eigenvalue weighted by Gasteiger charge is 2.39. The van der Waals surface area contributed by atoms with E-state index in [-0.39, 0.29) is 11.8 Å². The van der Waals surface area contributed by atoms with Crippen molar-refractivity contribution in [3.8, 4) is 0 Å². The van der Waals surface area contributed by atoms with Crippen LogP contribution in [0.15, 0.2) is 18.2 Å². The number of halogens is 1. The molecule has 1 amide bonds. The maximum Gasteiger partial charge on any atom is 0.227 e. The third-order valence-corrected chi connectivity index (χ3v) is 4.74. The molecule has 0 unspecified atom stereocenters. The molecule has 3 rings (SSSR count). The second-order valence-corrected chi connectivity index (χ2v) is 6.70. The number of nitrogens with zero attached hydrogens (tertiary/aromatic N) is 2. The van der Waals surface area contributed by atoms with Gasteiger partial charge in [-0.3, -0.25) is 4.79 Å². The summed E-state index contributed by atoms with van der Waals surface area (Å²) >= 11 is 6.11. The summed E-state index contributed by atoms with van der Waals surface area (Å²) < 4.78 is 0. The van der Waals surface area contributed by atoms with Crippen molar-refractivity contribution in [1.29, 1.82) is 0 Å². The fourth-order valence-electron chi connectivity index (χ4n) is 2.84. The molecule has 1 aliphatic carbocycles. The lowest BCUT2D eigenvalue weighted by atomic mass is 10.2. The topological polar surface area (TPSA) is 35.6 Å². The number of carbonyl (C=O) groups excluding carboxylic acids is 1. The summed E-state index contributed by atoms with van der Waals surface area (Å²) in [6, 6.07) is 5.77. The van der Waals surface area contributed by atoms with Gasteiger partial charge >= 0.3 is 0 Å². The van der Waals surface area contributed by atoms with E-state index in [2.05, 4.69) is 29.1 Å². The van der Waals surface area contributed by atoms with Crippen LogP contribution >= 0.6 is 11.6 Å². The van der Waals surface area contributed by atoms with Crippen molar-refractivity contribution >= 4 is 28.9 Å². The van der Waals surface area contributed by atoms with Crippen LogP contribution in [0.1, 0.15) is 13.3 Å². The predicted octanol–water partition coefficient (Wildman–Crippen LogP) is 2.69. The number of amides is 1. The molecule has 1 saturated heterocycles. The Hall–Kier alpha value is -1.26. The summed E-state index contributed by atoms with van der Waals surface area (Å²) in [4.78, 5) is 16.8. The van der Waals surface area contributed by atoms with Crippen molar-refractivity contribution in [2.45, 2.75) is 13.3 Å². The minimum absolute atomic E-state index is 0.125. The van der Waals surface area contributed by atoms with Crippen LogP contribution in [0.3, 0.4) is 0 Å². The molecule has 2 fully saturated rings. The van der Waals surface area contributed by atoms with Gasteiger partial charge in [-0.05, 0) is 37.6 Å². The lowest BCUT2D eigenvalue weighted by molar-refractivity contribution is -0.117. The predicted molar refractivity (Wildman–Crippen MR) is 87.1 cm³/mol. The SMILES string of the molecule is C[C@H]1C[C@@H]1C(=O)Nc1cc(Cl)ccc1N1CCN(C)CC1. The molecule has 1 heterocycles.